The molecule has 13 heavy (non-hydrogen) atoms. The average Bonchev–Trinajstić information content (AvgIpc) is 2.08. The van der Waals surface area contributed by atoms with Gasteiger partial charge >= 0.3 is 0 Å². The quantitative estimate of drug-likeness (QED) is 0.429. The molecule has 0 aliphatic carbocycles. The van der Waals surface area contributed by atoms with E-state index in [-0.39, 0.29) is 11.8 Å². The van der Waals surface area contributed by atoms with E-state index in [4.69, 9.17) is 16.3 Å². The van der Waals surface area contributed by atoms with Crippen LogP contribution in [0.2, 0.25) is 0 Å². The number of halogens is 1. The van der Waals surface area contributed by atoms with Gasteiger partial charge in [-0.05, 0) is 13.0 Å². The van der Waals surface area contributed by atoms with Gasteiger partial charge in [0.2, 0.25) is 0 Å². The van der Waals surface area contributed by atoms with Crippen molar-refractivity contribution < 1.29 is 9.66 Å². The number of nitro benzene ring substituents is 1. The van der Waals surface area contributed by atoms with Gasteiger partial charge in [-0.2, -0.15) is 0 Å². The molecule has 0 heterocycles. The highest BCUT2D eigenvalue weighted by Crippen LogP contribution is 2.26. The largest absolute Gasteiger partial charge is 0.477 e. The van der Waals surface area contributed by atoms with E-state index < -0.39 is 4.92 Å². The van der Waals surface area contributed by atoms with Crippen molar-refractivity contribution in [2.45, 2.75) is 6.92 Å². The SMILES string of the molecule is Cc1c(OCCl)cccc1[N+](=O)[O-]. The molecule has 0 saturated carbocycles. The lowest BCUT2D eigenvalue weighted by molar-refractivity contribution is -0.385. The Balaban J connectivity index is 3.10. The zero-order valence-corrected chi connectivity index (χ0v) is 7.75. The third kappa shape index (κ3) is 2.09. The van der Waals surface area contributed by atoms with Gasteiger partial charge in [0, 0.05) is 6.07 Å². The smallest absolute Gasteiger partial charge is 0.276 e. The first-order chi connectivity index (χ1) is 6.16. The van der Waals surface area contributed by atoms with Crippen molar-refractivity contribution in [2.24, 2.45) is 0 Å². The van der Waals surface area contributed by atoms with Crippen molar-refractivity contribution in [1.29, 1.82) is 0 Å². The van der Waals surface area contributed by atoms with Crippen LogP contribution >= 0.6 is 11.6 Å². The van der Waals surface area contributed by atoms with Gasteiger partial charge in [0.25, 0.3) is 5.69 Å². The summed E-state index contributed by atoms with van der Waals surface area (Å²) in [5, 5.41) is 10.5. The molecule has 0 aromatic heterocycles. The monoisotopic (exact) mass is 201 g/mol. The summed E-state index contributed by atoms with van der Waals surface area (Å²) in [6.07, 6.45) is 0. The molecule has 5 heteroatoms. The Morgan fingerprint density at radius 1 is 1.62 bits per heavy atom. The first kappa shape index (κ1) is 9.80. The van der Waals surface area contributed by atoms with Gasteiger partial charge in [0.1, 0.15) is 5.75 Å². The van der Waals surface area contributed by atoms with Gasteiger partial charge in [0.05, 0.1) is 10.5 Å². The van der Waals surface area contributed by atoms with Gasteiger partial charge in [-0.3, -0.25) is 10.1 Å². The van der Waals surface area contributed by atoms with Crippen LogP contribution in [0.25, 0.3) is 0 Å². The van der Waals surface area contributed by atoms with Crippen molar-refractivity contribution in [3.05, 3.63) is 33.9 Å². The van der Waals surface area contributed by atoms with Crippen LogP contribution < -0.4 is 4.74 Å². The van der Waals surface area contributed by atoms with Crippen molar-refractivity contribution in [3.63, 3.8) is 0 Å². The van der Waals surface area contributed by atoms with Crippen LogP contribution in [0.15, 0.2) is 18.2 Å². The number of nitrogens with zero attached hydrogens (tertiary/aromatic N) is 1. The lowest BCUT2D eigenvalue weighted by atomic mass is 10.2. The summed E-state index contributed by atoms with van der Waals surface area (Å²) in [4.78, 5) is 10.0. The molecule has 70 valence electrons. The molecular formula is C8H8ClNO3. The Kier molecular flexibility index (Phi) is 3.08. The minimum absolute atomic E-state index is 0.0119. The number of alkyl halides is 1. The van der Waals surface area contributed by atoms with Gasteiger partial charge in [-0.25, -0.2) is 0 Å². The number of rotatable bonds is 3. The Morgan fingerprint density at radius 3 is 2.85 bits per heavy atom. The first-order valence-electron chi connectivity index (χ1n) is 3.59. The molecule has 1 rings (SSSR count). The van der Waals surface area contributed by atoms with Crippen LogP contribution in [-0.4, -0.2) is 11.0 Å². The van der Waals surface area contributed by atoms with Crippen LogP contribution in [0, 0.1) is 17.0 Å². The van der Waals surface area contributed by atoms with Crippen LogP contribution in [0.1, 0.15) is 5.56 Å². The molecule has 0 radical (unpaired) electrons. The maximum absolute atomic E-state index is 10.5. The molecule has 0 atom stereocenters. The number of nitro groups is 1. The molecule has 0 saturated heterocycles. The second-order valence-electron chi connectivity index (χ2n) is 2.41. The summed E-state index contributed by atoms with van der Waals surface area (Å²) in [6.45, 7) is 1.63. The molecule has 0 aliphatic heterocycles. The second-order valence-corrected chi connectivity index (χ2v) is 2.63. The Bertz CT molecular complexity index is 327. The van der Waals surface area contributed by atoms with E-state index in [2.05, 4.69) is 0 Å². The van der Waals surface area contributed by atoms with Crippen molar-refractivity contribution in [2.75, 3.05) is 6.07 Å². The Hall–Kier alpha value is -1.29. The molecule has 0 spiro atoms. The van der Waals surface area contributed by atoms with Crippen molar-refractivity contribution in [1.82, 2.24) is 0 Å². The standard InChI is InChI=1S/C8H8ClNO3/c1-6-7(10(11)12)3-2-4-8(6)13-5-9/h2-4H,5H2,1H3. The molecule has 1 aromatic rings. The Morgan fingerprint density at radius 2 is 2.31 bits per heavy atom. The first-order valence-corrected chi connectivity index (χ1v) is 4.13. The summed E-state index contributed by atoms with van der Waals surface area (Å²) in [5.74, 6) is 0.448. The molecular weight excluding hydrogens is 194 g/mol. The molecule has 4 nitrogen and oxygen atoms in total. The number of hydrogen-bond acceptors (Lipinski definition) is 3. The van der Waals surface area contributed by atoms with E-state index in [0.717, 1.165) is 0 Å². The van der Waals surface area contributed by atoms with E-state index in [1.54, 1.807) is 19.1 Å². The third-order valence-corrected chi connectivity index (χ3v) is 1.77. The lowest BCUT2D eigenvalue weighted by Gasteiger charge is -2.04. The van der Waals surface area contributed by atoms with Crippen LogP contribution in [0.5, 0.6) is 5.75 Å². The molecule has 0 aliphatic rings. The van der Waals surface area contributed by atoms with Crippen LogP contribution in [0.3, 0.4) is 0 Å². The summed E-state index contributed by atoms with van der Waals surface area (Å²) in [5.41, 5.74) is 0.538. The van der Waals surface area contributed by atoms with E-state index in [1.165, 1.54) is 6.07 Å². The predicted molar refractivity (Wildman–Crippen MR) is 49.2 cm³/mol. The van der Waals surface area contributed by atoms with Gasteiger partial charge in [0.15, 0.2) is 6.07 Å². The minimum Gasteiger partial charge on any atom is -0.477 e. The molecule has 0 bridgehead atoms. The van der Waals surface area contributed by atoms with Gasteiger partial charge in [-0.15, -0.1) is 0 Å². The predicted octanol–water partition coefficient (Wildman–Crippen LogP) is 2.48. The van der Waals surface area contributed by atoms with Gasteiger partial charge in [-0.1, -0.05) is 17.7 Å². The highest BCUT2D eigenvalue weighted by molar-refractivity contribution is 6.17. The summed E-state index contributed by atoms with van der Waals surface area (Å²) >= 11 is 5.35. The minimum atomic E-state index is -0.448. The summed E-state index contributed by atoms with van der Waals surface area (Å²) < 4.78 is 4.99. The maximum Gasteiger partial charge on any atom is 0.276 e. The normalized spacial score (nSPS) is 9.69. The van der Waals surface area contributed by atoms with Crippen molar-refractivity contribution >= 4 is 17.3 Å². The zero-order valence-electron chi connectivity index (χ0n) is 6.99. The maximum atomic E-state index is 10.5. The fourth-order valence-corrected chi connectivity index (χ4v) is 1.13. The highest BCUT2D eigenvalue weighted by Gasteiger charge is 2.13. The molecule has 0 unspecified atom stereocenters. The average molecular weight is 202 g/mol. The van der Waals surface area contributed by atoms with E-state index in [1.807, 2.05) is 0 Å². The van der Waals surface area contributed by atoms with E-state index >= 15 is 0 Å². The van der Waals surface area contributed by atoms with Crippen LogP contribution in [-0.2, 0) is 0 Å². The lowest BCUT2D eigenvalue weighted by Crippen LogP contribution is -1.96. The number of hydrogen-bond donors (Lipinski definition) is 0. The summed E-state index contributed by atoms with van der Waals surface area (Å²) in [6, 6.07) is 4.62. The molecule has 0 fully saturated rings. The molecule has 0 N–H and O–H groups in total. The third-order valence-electron chi connectivity index (χ3n) is 1.66. The zero-order chi connectivity index (χ0) is 9.84. The topological polar surface area (TPSA) is 52.4 Å². The van der Waals surface area contributed by atoms with Crippen LogP contribution in [0.4, 0.5) is 5.69 Å². The van der Waals surface area contributed by atoms with E-state index in [9.17, 15) is 10.1 Å². The fourth-order valence-electron chi connectivity index (χ4n) is 1.02. The summed E-state index contributed by atoms with van der Waals surface area (Å²) in [7, 11) is 0. The number of benzene rings is 1. The molecule has 1 aromatic carbocycles. The second kappa shape index (κ2) is 4.09. The Labute approximate surface area is 80.2 Å². The number of ether oxygens (including phenoxy) is 1. The van der Waals surface area contributed by atoms with E-state index in [0.29, 0.717) is 11.3 Å². The highest BCUT2D eigenvalue weighted by atomic mass is 35.5. The van der Waals surface area contributed by atoms with Crippen molar-refractivity contribution in [3.8, 4) is 5.75 Å². The van der Waals surface area contributed by atoms with Gasteiger partial charge < -0.3 is 4.74 Å². The molecule has 0 amide bonds. The fraction of sp³-hybridized carbons (Fsp3) is 0.250.